The van der Waals surface area contributed by atoms with Crippen molar-refractivity contribution in [2.75, 3.05) is 5.32 Å². The van der Waals surface area contributed by atoms with E-state index in [0.29, 0.717) is 16.6 Å². The van der Waals surface area contributed by atoms with Gasteiger partial charge in [-0.05, 0) is 49.9 Å². The van der Waals surface area contributed by atoms with Crippen molar-refractivity contribution in [2.45, 2.75) is 46.6 Å². The molecular formula is C26H27N3O2S. The van der Waals surface area contributed by atoms with Crippen LogP contribution in [0.3, 0.4) is 0 Å². The molecule has 0 aliphatic carbocycles. The van der Waals surface area contributed by atoms with Crippen molar-refractivity contribution in [1.29, 1.82) is 0 Å². The molecule has 0 spiro atoms. The average molecular weight is 446 g/mol. The molecule has 6 heteroatoms. The molecule has 1 atom stereocenters. The standard InChI is InChI=1S/C26H27N3O2S/c1-5-18-9-13-20(14-10-18)28-24(30)21(6-2)29-15-27-25-23(26(29)31)22(17(4)32-25)19-11-7-16(3)8-12-19/h7-15,21H,5-6H2,1-4H3,(H,28,30). The number of aromatic nitrogens is 2. The largest absolute Gasteiger partial charge is 0.324 e. The number of carbonyl (C=O) groups excluding carboxylic acids is 1. The molecule has 0 aliphatic rings. The summed E-state index contributed by atoms with van der Waals surface area (Å²) in [6.45, 7) is 8.04. The van der Waals surface area contributed by atoms with Gasteiger partial charge in [-0.3, -0.25) is 14.2 Å². The van der Waals surface area contributed by atoms with Crippen molar-refractivity contribution in [2.24, 2.45) is 0 Å². The summed E-state index contributed by atoms with van der Waals surface area (Å²) in [6, 6.07) is 15.3. The van der Waals surface area contributed by atoms with E-state index in [0.717, 1.165) is 33.7 Å². The minimum atomic E-state index is -0.642. The molecule has 32 heavy (non-hydrogen) atoms. The van der Waals surface area contributed by atoms with E-state index in [-0.39, 0.29) is 11.5 Å². The van der Waals surface area contributed by atoms with Gasteiger partial charge >= 0.3 is 0 Å². The van der Waals surface area contributed by atoms with Gasteiger partial charge in [0.05, 0.1) is 11.7 Å². The van der Waals surface area contributed by atoms with E-state index in [4.69, 9.17) is 0 Å². The Bertz CT molecular complexity index is 1320. The van der Waals surface area contributed by atoms with Crippen LogP contribution in [0, 0.1) is 13.8 Å². The number of benzene rings is 2. The van der Waals surface area contributed by atoms with E-state index in [9.17, 15) is 9.59 Å². The lowest BCUT2D eigenvalue weighted by molar-refractivity contribution is -0.119. The Hall–Kier alpha value is -3.25. The fraction of sp³-hybridized carbons (Fsp3) is 0.269. The Morgan fingerprint density at radius 1 is 1.06 bits per heavy atom. The number of fused-ring (bicyclic) bond motifs is 1. The van der Waals surface area contributed by atoms with Crippen molar-refractivity contribution in [3.8, 4) is 11.1 Å². The van der Waals surface area contributed by atoms with Crippen LogP contribution in [-0.4, -0.2) is 15.5 Å². The number of nitrogens with zero attached hydrogens (tertiary/aromatic N) is 2. The summed E-state index contributed by atoms with van der Waals surface area (Å²) in [5, 5.41) is 3.53. The number of carbonyl (C=O) groups is 1. The van der Waals surface area contributed by atoms with E-state index in [2.05, 4.69) is 17.2 Å². The first-order valence-electron chi connectivity index (χ1n) is 10.9. The van der Waals surface area contributed by atoms with Gasteiger partial charge in [-0.1, -0.05) is 55.8 Å². The fourth-order valence-corrected chi connectivity index (χ4v) is 4.97. The van der Waals surface area contributed by atoms with Gasteiger partial charge in [0.2, 0.25) is 5.91 Å². The van der Waals surface area contributed by atoms with Crippen LogP contribution < -0.4 is 10.9 Å². The lowest BCUT2D eigenvalue weighted by Gasteiger charge is -2.18. The van der Waals surface area contributed by atoms with Crippen molar-refractivity contribution in [1.82, 2.24) is 9.55 Å². The molecule has 5 nitrogen and oxygen atoms in total. The van der Waals surface area contributed by atoms with Crippen LogP contribution in [0.1, 0.15) is 42.3 Å². The van der Waals surface area contributed by atoms with E-state index < -0.39 is 6.04 Å². The first-order valence-corrected chi connectivity index (χ1v) is 11.7. The highest BCUT2D eigenvalue weighted by Crippen LogP contribution is 2.35. The van der Waals surface area contributed by atoms with Crippen LogP contribution in [0.2, 0.25) is 0 Å². The third-order valence-corrected chi connectivity index (χ3v) is 6.82. The number of nitrogens with one attached hydrogen (secondary N) is 1. The molecule has 0 aliphatic heterocycles. The second kappa shape index (κ2) is 9.09. The number of thiophene rings is 1. The fourth-order valence-electron chi connectivity index (χ4n) is 3.96. The molecule has 2 aromatic heterocycles. The Morgan fingerprint density at radius 2 is 1.75 bits per heavy atom. The Balaban J connectivity index is 1.74. The van der Waals surface area contributed by atoms with Crippen LogP contribution >= 0.6 is 11.3 Å². The van der Waals surface area contributed by atoms with E-state index >= 15 is 0 Å². The van der Waals surface area contributed by atoms with E-state index in [1.165, 1.54) is 27.8 Å². The summed E-state index contributed by atoms with van der Waals surface area (Å²) in [5.41, 5.74) is 4.80. The maximum absolute atomic E-state index is 13.6. The molecule has 4 rings (SSSR count). The Kier molecular flexibility index (Phi) is 6.24. The predicted octanol–water partition coefficient (Wildman–Crippen LogP) is 5.89. The topological polar surface area (TPSA) is 64.0 Å². The van der Waals surface area contributed by atoms with Crippen molar-refractivity contribution >= 4 is 33.1 Å². The number of aryl methyl sites for hydroxylation is 3. The highest BCUT2D eigenvalue weighted by Gasteiger charge is 2.24. The van der Waals surface area contributed by atoms with Gasteiger partial charge in [0.1, 0.15) is 10.9 Å². The SMILES string of the molecule is CCc1ccc(NC(=O)C(CC)n2cnc3sc(C)c(-c4ccc(C)cc4)c3c2=O)cc1. The molecule has 0 bridgehead atoms. The number of hydrogen-bond donors (Lipinski definition) is 1. The zero-order valence-corrected chi connectivity index (χ0v) is 19.6. The number of anilines is 1. The molecule has 0 saturated heterocycles. The molecular weight excluding hydrogens is 418 g/mol. The molecule has 0 radical (unpaired) electrons. The minimum absolute atomic E-state index is 0.182. The first-order chi connectivity index (χ1) is 15.4. The molecule has 1 unspecified atom stereocenters. The third-order valence-electron chi connectivity index (χ3n) is 5.81. The van der Waals surface area contributed by atoms with E-state index in [1.807, 2.05) is 69.3 Å². The van der Waals surface area contributed by atoms with Gasteiger partial charge in [0.15, 0.2) is 0 Å². The molecule has 1 amide bonds. The Labute approximate surface area is 191 Å². The molecule has 2 aromatic carbocycles. The molecule has 2 heterocycles. The summed E-state index contributed by atoms with van der Waals surface area (Å²) < 4.78 is 1.47. The lowest BCUT2D eigenvalue weighted by Crippen LogP contribution is -2.33. The molecule has 164 valence electrons. The molecule has 4 aromatic rings. The second-order valence-corrected chi connectivity index (χ2v) is 9.20. The molecule has 0 fully saturated rings. The van der Waals surface area contributed by atoms with Gasteiger partial charge in [0, 0.05) is 16.1 Å². The van der Waals surface area contributed by atoms with Crippen molar-refractivity contribution < 1.29 is 4.79 Å². The monoisotopic (exact) mass is 445 g/mol. The minimum Gasteiger partial charge on any atom is -0.324 e. The van der Waals surface area contributed by atoms with Crippen molar-refractivity contribution in [3.05, 3.63) is 81.2 Å². The smallest absolute Gasteiger partial charge is 0.263 e. The van der Waals surface area contributed by atoms with Crippen LogP contribution in [0.5, 0.6) is 0 Å². The van der Waals surface area contributed by atoms with Crippen LogP contribution in [0.4, 0.5) is 5.69 Å². The Morgan fingerprint density at radius 3 is 2.38 bits per heavy atom. The maximum atomic E-state index is 13.6. The van der Waals surface area contributed by atoms with Crippen LogP contribution in [-0.2, 0) is 11.2 Å². The summed E-state index contributed by atoms with van der Waals surface area (Å²) in [5.74, 6) is -0.219. The average Bonchev–Trinajstić information content (AvgIpc) is 3.13. The zero-order chi connectivity index (χ0) is 22.8. The number of hydrogen-bond acceptors (Lipinski definition) is 4. The van der Waals surface area contributed by atoms with E-state index in [1.54, 1.807) is 0 Å². The summed E-state index contributed by atoms with van der Waals surface area (Å²) in [7, 11) is 0. The van der Waals surface area contributed by atoms with Gasteiger partial charge < -0.3 is 5.32 Å². The summed E-state index contributed by atoms with van der Waals surface area (Å²) in [4.78, 5) is 33.0. The molecule has 1 N–H and O–H groups in total. The zero-order valence-electron chi connectivity index (χ0n) is 18.8. The lowest BCUT2D eigenvalue weighted by atomic mass is 10.0. The summed E-state index contributed by atoms with van der Waals surface area (Å²) in [6.07, 6.45) is 2.93. The highest BCUT2D eigenvalue weighted by atomic mass is 32.1. The summed E-state index contributed by atoms with van der Waals surface area (Å²) >= 11 is 1.51. The van der Waals surface area contributed by atoms with Gasteiger partial charge in [-0.15, -0.1) is 11.3 Å². The highest BCUT2D eigenvalue weighted by molar-refractivity contribution is 7.19. The first kappa shape index (κ1) is 22.0. The quantitative estimate of drug-likeness (QED) is 0.402. The van der Waals surface area contributed by atoms with Gasteiger partial charge in [-0.2, -0.15) is 0 Å². The van der Waals surface area contributed by atoms with Gasteiger partial charge in [-0.25, -0.2) is 4.98 Å². The maximum Gasteiger partial charge on any atom is 0.263 e. The second-order valence-electron chi connectivity index (χ2n) is 8.00. The van der Waals surface area contributed by atoms with Crippen LogP contribution in [0.25, 0.3) is 21.3 Å². The van der Waals surface area contributed by atoms with Crippen LogP contribution in [0.15, 0.2) is 59.7 Å². The normalized spacial score (nSPS) is 12.1. The predicted molar refractivity (Wildman–Crippen MR) is 133 cm³/mol. The number of rotatable bonds is 6. The molecule has 0 saturated carbocycles. The number of amides is 1. The third kappa shape index (κ3) is 4.10. The van der Waals surface area contributed by atoms with Gasteiger partial charge in [0.25, 0.3) is 5.56 Å². The van der Waals surface area contributed by atoms with Crippen molar-refractivity contribution in [3.63, 3.8) is 0 Å².